The summed E-state index contributed by atoms with van der Waals surface area (Å²) in [6.07, 6.45) is 0.632. The average molecular weight is 400 g/mol. The summed E-state index contributed by atoms with van der Waals surface area (Å²) in [6, 6.07) is 7.02. The second kappa shape index (κ2) is 9.96. The summed E-state index contributed by atoms with van der Waals surface area (Å²) >= 11 is 0. The molecule has 0 saturated heterocycles. The molecule has 0 bridgehead atoms. The van der Waals surface area contributed by atoms with Gasteiger partial charge in [0.1, 0.15) is 0 Å². The lowest BCUT2D eigenvalue weighted by Gasteiger charge is -2.15. The normalized spacial score (nSPS) is 10.4. The molecule has 2 aromatic carbocycles. The Morgan fingerprint density at radius 2 is 1.07 bits per heavy atom. The standard InChI is InChI=1S/C23H28O6/c1-14-10-22(20(26-5)12-18(14)16(3)24)28-8-7-9-29-23-11-15(2)19(17(4)25)13-21(23)27-6/h10-13H,7-9H2,1-6H3. The van der Waals surface area contributed by atoms with Gasteiger partial charge in [0.25, 0.3) is 0 Å². The molecular weight excluding hydrogens is 372 g/mol. The summed E-state index contributed by atoms with van der Waals surface area (Å²) < 4.78 is 22.3. The molecule has 0 radical (unpaired) electrons. The molecule has 0 aliphatic heterocycles. The Bertz CT molecular complexity index is 827. The van der Waals surface area contributed by atoms with Crippen molar-refractivity contribution in [2.24, 2.45) is 0 Å². The van der Waals surface area contributed by atoms with Crippen LogP contribution >= 0.6 is 0 Å². The number of methoxy groups -OCH3 is 2. The third kappa shape index (κ3) is 5.50. The van der Waals surface area contributed by atoms with Crippen LogP contribution in [0.4, 0.5) is 0 Å². The minimum atomic E-state index is -0.0132. The number of benzene rings is 2. The van der Waals surface area contributed by atoms with Crippen LogP contribution in [0, 0.1) is 13.8 Å². The summed E-state index contributed by atoms with van der Waals surface area (Å²) in [4.78, 5) is 23.3. The molecule has 0 spiro atoms. The topological polar surface area (TPSA) is 71.1 Å². The molecule has 2 aromatic rings. The van der Waals surface area contributed by atoms with Gasteiger partial charge in [-0.1, -0.05) is 0 Å². The lowest BCUT2D eigenvalue weighted by Crippen LogP contribution is -2.08. The smallest absolute Gasteiger partial charge is 0.161 e. The van der Waals surface area contributed by atoms with Crippen LogP contribution in [0.1, 0.15) is 52.1 Å². The SMILES string of the molecule is COc1cc(C(C)=O)c(C)cc1OCCCOc1cc(C)c(C(C)=O)cc1OC. The minimum absolute atomic E-state index is 0.0132. The van der Waals surface area contributed by atoms with Gasteiger partial charge in [0, 0.05) is 17.5 Å². The first kappa shape index (κ1) is 22.3. The van der Waals surface area contributed by atoms with E-state index in [0.717, 1.165) is 11.1 Å². The first-order chi connectivity index (χ1) is 13.8. The number of ether oxygens (including phenoxy) is 4. The second-order valence-corrected chi connectivity index (χ2v) is 6.80. The van der Waals surface area contributed by atoms with Crippen molar-refractivity contribution >= 4 is 11.6 Å². The Balaban J connectivity index is 1.97. The van der Waals surface area contributed by atoms with Crippen LogP contribution in [0.2, 0.25) is 0 Å². The van der Waals surface area contributed by atoms with Crippen molar-refractivity contribution in [3.63, 3.8) is 0 Å². The maximum Gasteiger partial charge on any atom is 0.161 e. The Morgan fingerprint density at radius 3 is 1.38 bits per heavy atom. The first-order valence-corrected chi connectivity index (χ1v) is 9.43. The fourth-order valence-corrected chi connectivity index (χ4v) is 3.05. The number of hydrogen-bond acceptors (Lipinski definition) is 6. The van der Waals surface area contributed by atoms with Gasteiger partial charge >= 0.3 is 0 Å². The van der Waals surface area contributed by atoms with E-state index in [1.54, 1.807) is 26.4 Å². The number of ketones is 2. The predicted molar refractivity (Wildman–Crippen MR) is 111 cm³/mol. The zero-order valence-corrected chi connectivity index (χ0v) is 17.9. The van der Waals surface area contributed by atoms with Crippen molar-refractivity contribution in [3.05, 3.63) is 46.5 Å². The molecule has 29 heavy (non-hydrogen) atoms. The molecule has 156 valence electrons. The molecule has 0 aromatic heterocycles. The molecule has 0 heterocycles. The van der Waals surface area contributed by atoms with E-state index in [1.165, 1.54) is 13.8 Å². The van der Waals surface area contributed by atoms with Crippen LogP contribution in [-0.2, 0) is 0 Å². The van der Waals surface area contributed by atoms with Crippen molar-refractivity contribution in [2.45, 2.75) is 34.1 Å². The maximum atomic E-state index is 11.7. The zero-order chi connectivity index (χ0) is 21.6. The largest absolute Gasteiger partial charge is 0.493 e. The highest BCUT2D eigenvalue weighted by Gasteiger charge is 2.14. The average Bonchev–Trinajstić information content (AvgIpc) is 2.67. The summed E-state index contributed by atoms with van der Waals surface area (Å²) in [5, 5.41) is 0. The van der Waals surface area contributed by atoms with Gasteiger partial charge in [-0.2, -0.15) is 0 Å². The third-order valence-electron chi connectivity index (χ3n) is 4.58. The number of carbonyl (C=O) groups is 2. The minimum Gasteiger partial charge on any atom is -0.493 e. The molecule has 0 fully saturated rings. The van der Waals surface area contributed by atoms with Crippen molar-refractivity contribution in [2.75, 3.05) is 27.4 Å². The third-order valence-corrected chi connectivity index (χ3v) is 4.58. The van der Waals surface area contributed by atoms with Crippen molar-refractivity contribution in [1.82, 2.24) is 0 Å². The van der Waals surface area contributed by atoms with E-state index in [9.17, 15) is 9.59 Å². The second-order valence-electron chi connectivity index (χ2n) is 6.80. The van der Waals surface area contributed by atoms with Crippen LogP contribution in [0.25, 0.3) is 0 Å². The highest BCUT2D eigenvalue weighted by molar-refractivity contribution is 5.96. The molecule has 0 saturated carbocycles. The molecule has 0 atom stereocenters. The molecule has 0 amide bonds. The predicted octanol–water partition coefficient (Wildman–Crippen LogP) is 4.57. The maximum absolute atomic E-state index is 11.7. The van der Waals surface area contributed by atoms with E-state index >= 15 is 0 Å². The molecule has 0 aliphatic carbocycles. The molecule has 2 rings (SSSR count). The summed E-state index contributed by atoms with van der Waals surface area (Å²) in [5.74, 6) is 2.21. The van der Waals surface area contributed by atoms with Gasteiger partial charge in [-0.15, -0.1) is 0 Å². The van der Waals surface area contributed by atoms with Gasteiger partial charge in [0.05, 0.1) is 27.4 Å². The molecule has 0 aliphatic rings. The quantitative estimate of drug-likeness (QED) is 0.430. The Labute approximate surface area is 171 Å². The van der Waals surface area contributed by atoms with Crippen LogP contribution in [0.5, 0.6) is 23.0 Å². The van der Waals surface area contributed by atoms with E-state index in [2.05, 4.69) is 0 Å². The monoisotopic (exact) mass is 400 g/mol. The van der Waals surface area contributed by atoms with Gasteiger partial charge < -0.3 is 18.9 Å². The Kier molecular flexibility index (Phi) is 7.65. The summed E-state index contributed by atoms with van der Waals surface area (Å²) in [5.41, 5.74) is 2.92. The Morgan fingerprint density at radius 1 is 0.690 bits per heavy atom. The molecule has 6 heteroatoms. The highest BCUT2D eigenvalue weighted by Crippen LogP contribution is 2.32. The van der Waals surface area contributed by atoms with Crippen LogP contribution in [-0.4, -0.2) is 39.0 Å². The number of hydrogen-bond donors (Lipinski definition) is 0. The van der Waals surface area contributed by atoms with Crippen molar-refractivity contribution in [3.8, 4) is 23.0 Å². The molecule has 0 unspecified atom stereocenters. The summed E-state index contributed by atoms with van der Waals surface area (Å²) in [6.45, 7) is 7.62. The molecular formula is C23H28O6. The number of Topliss-reactive ketones (excluding diaryl/α,β-unsaturated/α-hetero) is 2. The zero-order valence-electron chi connectivity index (χ0n) is 17.9. The van der Waals surface area contributed by atoms with E-state index < -0.39 is 0 Å². The van der Waals surface area contributed by atoms with Crippen molar-refractivity contribution in [1.29, 1.82) is 0 Å². The highest BCUT2D eigenvalue weighted by atomic mass is 16.5. The van der Waals surface area contributed by atoms with Gasteiger partial charge in [0.2, 0.25) is 0 Å². The lowest BCUT2D eigenvalue weighted by molar-refractivity contribution is 0.100. The summed E-state index contributed by atoms with van der Waals surface area (Å²) in [7, 11) is 3.09. The first-order valence-electron chi connectivity index (χ1n) is 9.43. The fourth-order valence-electron chi connectivity index (χ4n) is 3.05. The van der Waals surface area contributed by atoms with Crippen LogP contribution in [0.3, 0.4) is 0 Å². The van der Waals surface area contributed by atoms with E-state index in [4.69, 9.17) is 18.9 Å². The number of aryl methyl sites for hydroxylation is 2. The fraction of sp³-hybridized carbons (Fsp3) is 0.391. The Hall–Kier alpha value is -3.02. The lowest BCUT2D eigenvalue weighted by atomic mass is 10.0. The number of carbonyl (C=O) groups excluding carboxylic acids is 2. The van der Waals surface area contributed by atoms with Gasteiger partial charge in [-0.25, -0.2) is 0 Å². The van der Waals surface area contributed by atoms with Gasteiger partial charge in [-0.05, 0) is 63.1 Å². The van der Waals surface area contributed by atoms with Crippen molar-refractivity contribution < 1.29 is 28.5 Å². The van der Waals surface area contributed by atoms with Crippen LogP contribution < -0.4 is 18.9 Å². The van der Waals surface area contributed by atoms with Gasteiger partial charge in [0.15, 0.2) is 34.6 Å². The molecule has 0 N–H and O–H groups in total. The van der Waals surface area contributed by atoms with E-state index in [0.29, 0.717) is 53.8 Å². The molecule has 6 nitrogen and oxygen atoms in total. The van der Waals surface area contributed by atoms with Crippen LogP contribution in [0.15, 0.2) is 24.3 Å². The van der Waals surface area contributed by atoms with E-state index in [-0.39, 0.29) is 11.6 Å². The number of rotatable bonds is 10. The van der Waals surface area contributed by atoms with E-state index in [1.807, 2.05) is 26.0 Å². The van der Waals surface area contributed by atoms with Gasteiger partial charge in [-0.3, -0.25) is 9.59 Å².